The molecule has 4 rings (SSSR count). The summed E-state index contributed by atoms with van der Waals surface area (Å²) in [4.78, 5) is 33.6. The zero-order valence-electron chi connectivity index (χ0n) is 15.3. The number of carbonyl (C=O) groups excluding carboxylic acids is 1. The lowest BCUT2D eigenvalue weighted by atomic mass is 9.89. The number of H-pyrrole nitrogens is 1. The Labute approximate surface area is 170 Å². The lowest BCUT2D eigenvalue weighted by molar-refractivity contribution is -0.147. The summed E-state index contributed by atoms with van der Waals surface area (Å²) in [5.41, 5.74) is 0.965. The summed E-state index contributed by atoms with van der Waals surface area (Å²) in [5, 5.41) is 1.28. The number of fused-ring (bicyclic) bond motifs is 3. The van der Waals surface area contributed by atoms with Crippen LogP contribution in [0.3, 0.4) is 0 Å². The number of thiophene rings is 1. The number of halogens is 1. The molecule has 1 aliphatic rings. The molecule has 0 spiro atoms. The molecule has 1 N–H and O–H groups in total. The van der Waals surface area contributed by atoms with Gasteiger partial charge in [-0.3, -0.25) is 4.79 Å². The van der Waals surface area contributed by atoms with Crippen molar-refractivity contribution in [2.45, 2.75) is 32.8 Å². The number of rotatable bonds is 5. The molecule has 3 aromatic rings. The van der Waals surface area contributed by atoms with Crippen LogP contribution in [0.2, 0.25) is 5.02 Å². The molecule has 28 heavy (non-hydrogen) atoms. The Morgan fingerprint density at radius 3 is 2.93 bits per heavy atom. The Morgan fingerprint density at radius 1 is 1.36 bits per heavy atom. The van der Waals surface area contributed by atoms with Crippen molar-refractivity contribution in [2.24, 2.45) is 5.92 Å². The van der Waals surface area contributed by atoms with E-state index in [1.165, 1.54) is 4.88 Å². The summed E-state index contributed by atoms with van der Waals surface area (Å²) >= 11 is 7.37. The predicted molar refractivity (Wildman–Crippen MR) is 108 cm³/mol. The summed E-state index contributed by atoms with van der Waals surface area (Å²) in [7, 11) is 0. The van der Waals surface area contributed by atoms with E-state index in [1.54, 1.807) is 35.6 Å². The van der Waals surface area contributed by atoms with Crippen molar-refractivity contribution >= 4 is 39.1 Å². The van der Waals surface area contributed by atoms with Gasteiger partial charge in [0.25, 0.3) is 5.56 Å². The minimum Gasteiger partial charge on any atom is -0.482 e. The van der Waals surface area contributed by atoms with Gasteiger partial charge in [0.15, 0.2) is 6.61 Å². The number of esters is 1. The first-order valence-electron chi connectivity index (χ1n) is 9.07. The number of nitrogens with zero attached hydrogens (tertiary/aromatic N) is 1. The Bertz CT molecular complexity index is 1070. The van der Waals surface area contributed by atoms with Gasteiger partial charge >= 0.3 is 5.97 Å². The second-order valence-corrected chi connectivity index (χ2v) is 8.47. The molecule has 8 heteroatoms. The van der Waals surface area contributed by atoms with Crippen molar-refractivity contribution < 1.29 is 14.3 Å². The predicted octanol–water partition coefficient (Wildman–Crippen LogP) is 3.89. The van der Waals surface area contributed by atoms with Crippen LogP contribution in [-0.4, -0.2) is 22.5 Å². The Morgan fingerprint density at radius 2 is 2.14 bits per heavy atom. The second kappa shape index (κ2) is 7.93. The minimum atomic E-state index is -0.544. The highest BCUT2D eigenvalue weighted by atomic mass is 35.5. The van der Waals surface area contributed by atoms with Gasteiger partial charge in [-0.25, -0.2) is 9.78 Å². The number of aromatic nitrogens is 2. The van der Waals surface area contributed by atoms with Gasteiger partial charge in [0.2, 0.25) is 0 Å². The highest BCUT2D eigenvalue weighted by Gasteiger charge is 2.23. The number of nitrogens with one attached hydrogen (secondary N) is 1. The van der Waals surface area contributed by atoms with Crippen LogP contribution >= 0.6 is 22.9 Å². The van der Waals surface area contributed by atoms with E-state index in [2.05, 4.69) is 16.9 Å². The lowest BCUT2D eigenvalue weighted by Gasteiger charge is -2.17. The molecule has 2 aromatic heterocycles. The van der Waals surface area contributed by atoms with Gasteiger partial charge in [-0.15, -0.1) is 11.3 Å². The molecule has 1 atom stereocenters. The van der Waals surface area contributed by atoms with Gasteiger partial charge in [0.05, 0.1) is 5.39 Å². The number of aryl methyl sites for hydroxylation is 1. The SMILES string of the molecule is CC1CCc2c(sc3nc(COC(=O)COc4ccc(Cl)cc4)[nH]c(=O)c23)C1. The van der Waals surface area contributed by atoms with Crippen molar-refractivity contribution in [3.63, 3.8) is 0 Å². The summed E-state index contributed by atoms with van der Waals surface area (Å²) < 4.78 is 10.5. The number of hydrogen-bond acceptors (Lipinski definition) is 6. The Balaban J connectivity index is 1.41. The fraction of sp³-hybridized carbons (Fsp3) is 0.350. The molecule has 0 aliphatic heterocycles. The number of benzene rings is 1. The monoisotopic (exact) mass is 418 g/mol. The first kappa shape index (κ1) is 19.0. The number of carbonyl (C=O) groups is 1. The maximum atomic E-state index is 12.5. The Hall–Kier alpha value is -2.38. The summed E-state index contributed by atoms with van der Waals surface area (Å²) in [6.45, 7) is 1.88. The molecule has 0 bridgehead atoms. The first-order chi connectivity index (χ1) is 13.5. The third-order valence-corrected chi connectivity index (χ3v) is 6.15. The average Bonchev–Trinajstić information content (AvgIpc) is 3.03. The second-order valence-electron chi connectivity index (χ2n) is 6.95. The van der Waals surface area contributed by atoms with E-state index < -0.39 is 5.97 Å². The van der Waals surface area contributed by atoms with Gasteiger partial charge in [-0.1, -0.05) is 18.5 Å². The van der Waals surface area contributed by atoms with E-state index in [9.17, 15) is 9.59 Å². The van der Waals surface area contributed by atoms with Crippen LogP contribution in [0.1, 0.15) is 29.6 Å². The maximum Gasteiger partial charge on any atom is 0.344 e. The summed E-state index contributed by atoms with van der Waals surface area (Å²) in [5.74, 6) is 0.939. The molecule has 1 aliphatic carbocycles. The number of aromatic amines is 1. The minimum absolute atomic E-state index is 0.104. The summed E-state index contributed by atoms with van der Waals surface area (Å²) in [6.07, 6.45) is 2.99. The largest absolute Gasteiger partial charge is 0.482 e. The van der Waals surface area contributed by atoms with E-state index in [0.717, 1.165) is 24.8 Å². The summed E-state index contributed by atoms with van der Waals surface area (Å²) in [6, 6.07) is 6.69. The molecule has 2 heterocycles. The number of ether oxygens (including phenoxy) is 2. The van der Waals surface area contributed by atoms with Crippen molar-refractivity contribution in [2.75, 3.05) is 6.61 Å². The molecule has 6 nitrogen and oxygen atoms in total. The normalized spacial score (nSPS) is 16.0. The van der Waals surface area contributed by atoms with Gasteiger partial charge in [0.1, 0.15) is 23.0 Å². The topological polar surface area (TPSA) is 81.3 Å². The van der Waals surface area contributed by atoms with Crippen LogP contribution in [0, 0.1) is 5.92 Å². The van der Waals surface area contributed by atoms with E-state index in [0.29, 0.717) is 32.7 Å². The van der Waals surface area contributed by atoms with Gasteiger partial charge < -0.3 is 14.5 Å². The smallest absolute Gasteiger partial charge is 0.344 e. The molecular formula is C20H19ClN2O4S. The highest BCUT2D eigenvalue weighted by Crippen LogP contribution is 2.35. The quantitative estimate of drug-likeness (QED) is 0.636. The zero-order valence-corrected chi connectivity index (χ0v) is 16.9. The molecule has 0 radical (unpaired) electrons. The van der Waals surface area contributed by atoms with Crippen LogP contribution in [0.4, 0.5) is 0 Å². The fourth-order valence-electron chi connectivity index (χ4n) is 3.33. The van der Waals surface area contributed by atoms with E-state index in [1.807, 2.05) is 0 Å². The lowest BCUT2D eigenvalue weighted by Crippen LogP contribution is -2.18. The molecule has 0 fully saturated rings. The Kier molecular flexibility index (Phi) is 5.37. The van der Waals surface area contributed by atoms with Crippen LogP contribution < -0.4 is 10.3 Å². The van der Waals surface area contributed by atoms with Gasteiger partial charge in [-0.2, -0.15) is 0 Å². The molecule has 0 saturated carbocycles. The third-order valence-electron chi connectivity index (χ3n) is 4.75. The van der Waals surface area contributed by atoms with Gasteiger partial charge in [0, 0.05) is 9.90 Å². The molecular weight excluding hydrogens is 400 g/mol. The zero-order chi connectivity index (χ0) is 19.7. The average molecular weight is 419 g/mol. The van der Waals surface area contributed by atoms with Crippen LogP contribution in [-0.2, 0) is 29.0 Å². The van der Waals surface area contributed by atoms with Crippen LogP contribution in [0.15, 0.2) is 29.1 Å². The standard InChI is InChI=1S/C20H19ClN2O4S/c1-11-2-7-14-15(8-11)28-20-18(14)19(25)22-16(23-20)9-27-17(24)10-26-13-5-3-12(21)4-6-13/h3-6,11H,2,7-10H2,1H3,(H,22,23,25). The highest BCUT2D eigenvalue weighted by molar-refractivity contribution is 7.18. The molecule has 0 amide bonds. The first-order valence-corrected chi connectivity index (χ1v) is 10.3. The maximum absolute atomic E-state index is 12.5. The van der Waals surface area contributed by atoms with E-state index >= 15 is 0 Å². The van der Waals surface area contributed by atoms with E-state index in [4.69, 9.17) is 21.1 Å². The molecule has 1 aromatic carbocycles. The van der Waals surface area contributed by atoms with Crippen LogP contribution in [0.5, 0.6) is 5.75 Å². The molecule has 146 valence electrons. The molecule has 0 saturated heterocycles. The number of hydrogen-bond donors (Lipinski definition) is 1. The van der Waals surface area contributed by atoms with Gasteiger partial charge in [-0.05, 0) is 55.0 Å². The van der Waals surface area contributed by atoms with Crippen LogP contribution in [0.25, 0.3) is 10.2 Å². The van der Waals surface area contributed by atoms with E-state index in [-0.39, 0.29) is 18.8 Å². The van der Waals surface area contributed by atoms with Crippen molar-refractivity contribution in [3.8, 4) is 5.75 Å². The van der Waals surface area contributed by atoms with Crippen molar-refractivity contribution in [1.29, 1.82) is 0 Å². The van der Waals surface area contributed by atoms with Crippen molar-refractivity contribution in [3.05, 3.63) is 55.9 Å². The van der Waals surface area contributed by atoms with Crippen molar-refractivity contribution in [1.82, 2.24) is 9.97 Å². The third kappa shape index (κ3) is 4.05. The fourth-order valence-corrected chi connectivity index (χ4v) is 4.85. The molecule has 1 unspecified atom stereocenters.